The third-order valence-corrected chi connectivity index (χ3v) is 4.08. The molecule has 2 aromatic heterocycles. The lowest BCUT2D eigenvalue weighted by Crippen LogP contribution is -1.84. The Hall–Kier alpha value is -2.58. The van der Waals surface area contributed by atoms with Gasteiger partial charge in [-0.3, -0.25) is 10.1 Å². The van der Waals surface area contributed by atoms with Crippen molar-refractivity contribution < 1.29 is 0 Å². The molecule has 0 spiro atoms. The van der Waals surface area contributed by atoms with Crippen LogP contribution >= 0.6 is 11.8 Å². The summed E-state index contributed by atoms with van der Waals surface area (Å²) in [7, 11) is 0. The van der Waals surface area contributed by atoms with Crippen molar-refractivity contribution in [2.24, 2.45) is 0 Å². The second-order valence-electron chi connectivity index (χ2n) is 4.40. The van der Waals surface area contributed by atoms with E-state index in [1.165, 1.54) is 5.56 Å². The van der Waals surface area contributed by atoms with Gasteiger partial charge < -0.3 is 0 Å². The molecule has 3 aromatic rings. The normalized spacial score (nSPS) is 10.2. The second kappa shape index (κ2) is 6.25. The van der Waals surface area contributed by atoms with Crippen LogP contribution in [-0.4, -0.2) is 15.2 Å². The predicted octanol–water partition coefficient (Wildman–Crippen LogP) is 3.64. The zero-order chi connectivity index (χ0) is 14.5. The lowest BCUT2D eigenvalue weighted by molar-refractivity contribution is 1.00. The van der Waals surface area contributed by atoms with Crippen molar-refractivity contribution in [1.82, 2.24) is 15.2 Å². The standard InChI is InChI=1S/C16H12N4S/c17-10-14-15(13-6-8-18-9-7-13)19-20-16(14)21-11-12-4-2-1-3-5-12/h1-9H,11H2,(H,19,20). The van der Waals surface area contributed by atoms with E-state index in [-0.39, 0.29) is 0 Å². The third-order valence-electron chi connectivity index (χ3n) is 3.03. The molecule has 0 fully saturated rings. The molecule has 1 aromatic carbocycles. The van der Waals surface area contributed by atoms with Crippen LogP contribution in [-0.2, 0) is 5.75 Å². The molecule has 0 radical (unpaired) electrons. The van der Waals surface area contributed by atoms with E-state index in [0.717, 1.165) is 22.0 Å². The Kier molecular flexibility index (Phi) is 3.99. The van der Waals surface area contributed by atoms with Crippen molar-refractivity contribution in [3.63, 3.8) is 0 Å². The molecule has 0 aliphatic heterocycles. The van der Waals surface area contributed by atoms with Crippen molar-refractivity contribution >= 4 is 11.8 Å². The SMILES string of the molecule is N#Cc1c(SCc2ccccc2)n[nH]c1-c1ccncc1. The van der Waals surface area contributed by atoms with Crippen molar-refractivity contribution in [3.05, 3.63) is 66.0 Å². The molecular formula is C16H12N4S. The Bertz CT molecular complexity index is 760. The number of hydrogen-bond acceptors (Lipinski definition) is 4. The van der Waals surface area contributed by atoms with E-state index in [2.05, 4.69) is 33.4 Å². The van der Waals surface area contributed by atoms with E-state index in [4.69, 9.17) is 0 Å². The summed E-state index contributed by atoms with van der Waals surface area (Å²) in [4.78, 5) is 3.99. The smallest absolute Gasteiger partial charge is 0.137 e. The van der Waals surface area contributed by atoms with Gasteiger partial charge in [0.25, 0.3) is 0 Å². The third kappa shape index (κ3) is 2.96. The van der Waals surface area contributed by atoms with Gasteiger partial charge in [0, 0.05) is 23.7 Å². The van der Waals surface area contributed by atoms with Crippen LogP contribution in [0.4, 0.5) is 0 Å². The molecule has 0 saturated carbocycles. The van der Waals surface area contributed by atoms with Crippen LogP contribution in [0.5, 0.6) is 0 Å². The van der Waals surface area contributed by atoms with Crippen LogP contribution in [0.25, 0.3) is 11.3 Å². The minimum absolute atomic E-state index is 0.585. The maximum Gasteiger partial charge on any atom is 0.137 e. The topological polar surface area (TPSA) is 65.4 Å². The van der Waals surface area contributed by atoms with Gasteiger partial charge in [0.05, 0.1) is 5.69 Å². The molecule has 4 nitrogen and oxygen atoms in total. The zero-order valence-electron chi connectivity index (χ0n) is 11.2. The lowest BCUT2D eigenvalue weighted by Gasteiger charge is -2.00. The largest absolute Gasteiger partial charge is 0.275 e. The molecular weight excluding hydrogens is 280 g/mol. The Balaban J connectivity index is 1.84. The van der Waals surface area contributed by atoms with Gasteiger partial charge in [0.15, 0.2) is 0 Å². The number of thioether (sulfide) groups is 1. The number of benzene rings is 1. The van der Waals surface area contributed by atoms with Gasteiger partial charge >= 0.3 is 0 Å². The zero-order valence-corrected chi connectivity index (χ0v) is 12.0. The average molecular weight is 292 g/mol. The highest BCUT2D eigenvalue weighted by Gasteiger charge is 2.14. The summed E-state index contributed by atoms with van der Waals surface area (Å²) in [6.07, 6.45) is 3.40. The molecule has 5 heteroatoms. The highest BCUT2D eigenvalue weighted by Crippen LogP contribution is 2.30. The van der Waals surface area contributed by atoms with Gasteiger partial charge in [-0.1, -0.05) is 42.1 Å². The first-order valence-corrected chi connectivity index (χ1v) is 7.42. The molecule has 102 valence electrons. The van der Waals surface area contributed by atoms with E-state index in [1.807, 2.05) is 30.3 Å². The number of nitrogens with one attached hydrogen (secondary N) is 1. The van der Waals surface area contributed by atoms with E-state index in [1.54, 1.807) is 24.2 Å². The maximum absolute atomic E-state index is 9.41. The minimum atomic E-state index is 0.585. The first-order valence-electron chi connectivity index (χ1n) is 6.44. The summed E-state index contributed by atoms with van der Waals surface area (Å²) >= 11 is 1.56. The maximum atomic E-state index is 9.41. The molecule has 3 rings (SSSR count). The first-order chi connectivity index (χ1) is 10.4. The minimum Gasteiger partial charge on any atom is -0.275 e. The second-order valence-corrected chi connectivity index (χ2v) is 5.36. The number of rotatable bonds is 4. The summed E-state index contributed by atoms with van der Waals surface area (Å²) in [5.74, 6) is 0.788. The molecule has 0 unspecified atom stereocenters. The fourth-order valence-electron chi connectivity index (χ4n) is 1.99. The molecule has 21 heavy (non-hydrogen) atoms. The van der Waals surface area contributed by atoms with Crippen LogP contribution in [0, 0.1) is 11.3 Å². The first kappa shape index (κ1) is 13.4. The van der Waals surface area contributed by atoms with Crippen LogP contribution in [0.15, 0.2) is 59.9 Å². The molecule has 0 atom stereocenters. The predicted molar refractivity (Wildman–Crippen MR) is 82.5 cm³/mol. The van der Waals surface area contributed by atoms with E-state index < -0.39 is 0 Å². The van der Waals surface area contributed by atoms with Gasteiger partial charge in [0.2, 0.25) is 0 Å². The molecule has 0 bridgehead atoms. The van der Waals surface area contributed by atoms with Gasteiger partial charge in [0.1, 0.15) is 16.7 Å². The summed E-state index contributed by atoms with van der Waals surface area (Å²) in [5.41, 5.74) is 3.46. The fraction of sp³-hybridized carbons (Fsp3) is 0.0625. The fourth-order valence-corrected chi connectivity index (χ4v) is 2.89. The highest BCUT2D eigenvalue weighted by atomic mass is 32.2. The summed E-state index contributed by atoms with van der Waals surface area (Å²) in [6, 6.07) is 16.1. The van der Waals surface area contributed by atoms with Crippen molar-refractivity contribution in [3.8, 4) is 17.3 Å². The summed E-state index contributed by atoms with van der Waals surface area (Å²) in [5, 5.41) is 17.4. The van der Waals surface area contributed by atoms with Crippen LogP contribution in [0.1, 0.15) is 11.1 Å². The number of aromatic nitrogens is 3. The van der Waals surface area contributed by atoms with Gasteiger partial charge in [-0.15, -0.1) is 0 Å². The molecule has 0 saturated heterocycles. The van der Waals surface area contributed by atoms with Crippen LogP contribution in [0.3, 0.4) is 0 Å². The molecule has 2 heterocycles. The Morgan fingerprint density at radius 3 is 2.57 bits per heavy atom. The lowest BCUT2D eigenvalue weighted by atomic mass is 10.1. The number of H-pyrrole nitrogens is 1. The van der Waals surface area contributed by atoms with Crippen molar-refractivity contribution in [2.75, 3.05) is 0 Å². The van der Waals surface area contributed by atoms with Crippen molar-refractivity contribution in [1.29, 1.82) is 5.26 Å². The molecule has 1 N–H and O–H groups in total. The average Bonchev–Trinajstić information content (AvgIpc) is 2.97. The Morgan fingerprint density at radius 2 is 1.86 bits per heavy atom. The van der Waals surface area contributed by atoms with E-state index in [9.17, 15) is 5.26 Å². The molecule has 0 aliphatic carbocycles. The van der Waals surface area contributed by atoms with Crippen LogP contribution in [0.2, 0.25) is 0 Å². The number of aromatic amines is 1. The number of hydrogen-bond donors (Lipinski definition) is 1. The van der Waals surface area contributed by atoms with Gasteiger partial charge in [-0.25, -0.2) is 0 Å². The number of pyridine rings is 1. The monoisotopic (exact) mass is 292 g/mol. The van der Waals surface area contributed by atoms with Crippen molar-refractivity contribution in [2.45, 2.75) is 10.8 Å². The summed E-state index contributed by atoms with van der Waals surface area (Å²) < 4.78 is 0. The molecule has 0 aliphatic rings. The van der Waals surface area contributed by atoms with Gasteiger partial charge in [-0.2, -0.15) is 10.4 Å². The molecule has 0 amide bonds. The van der Waals surface area contributed by atoms with E-state index >= 15 is 0 Å². The Morgan fingerprint density at radius 1 is 1.10 bits per heavy atom. The van der Waals surface area contributed by atoms with Crippen LogP contribution < -0.4 is 0 Å². The number of nitriles is 1. The Labute approximate surface area is 126 Å². The van der Waals surface area contributed by atoms with E-state index in [0.29, 0.717) is 5.56 Å². The quantitative estimate of drug-likeness (QED) is 0.746. The highest BCUT2D eigenvalue weighted by molar-refractivity contribution is 7.98. The summed E-state index contributed by atoms with van der Waals surface area (Å²) in [6.45, 7) is 0. The number of nitrogens with zero attached hydrogens (tertiary/aromatic N) is 3. The van der Waals surface area contributed by atoms with Gasteiger partial charge in [-0.05, 0) is 17.7 Å².